The van der Waals surface area contributed by atoms with Crippen molar-refractivity contribution in [2.75, 3.05) is 18.0 Å². The summed E-state index contributed by atoms with van der Waals surface area (Å²) in [4.78, 5) is 27.5. The molecule has 0 amide bonds. The number of carbonyl (C=O) groups is 1. The van der Waals surface area contributed by atoms with E-state index in [2.05, 4.69) is 4.98 Å². The Morgan fingerprint density at radius 2 is 2.11 bits per heavy atom. The summed E-state index contributed by atoms with van der Waals surface area (Å²) >= 11 is 0. The molecular weight excluding hydrogens is 236 g/mol. The summed E-state index contributed by atoms with van der Waals surface area (Å²) in [5.41, 5.74) is 0. The van der Waals surface area contributed by atoms with Crippen molar-refractivity contribution in [2.45, 2.75) is 19.8 Å². The number of nitrogens with zero attached hydrogens (tertiary/aromatic N) is 4. The van der Waals surface area contributed by atoms with Gasteiger partial charge < -0.3 is 15.0 Å². The molecule has 1 aliphatic heterocycles. The minimum Gasteiger partial charge on any atom is -0.358 e. The molecule has 1 saturated heterocycles. The van der Waals surface area contributed by atoms with Gasteiger partial charge >= 0.3 is 5.82 Å². The van der Waals surface area contributed by atoms with Crippen molar-refractivity contribution in [1.82, 2.24) is 9.55 Å². The molecule has 1 aromatic rings. The summed E-state index contributed by atoms with van der Waals surface area (Å²) in [5, 5.41) is 10.9. The third-order valence-electron chi connectivity index (χ3n) is 3.43. The molecule has 18 heavy (non-hydrogen) atoms. The number of aromatic nitrogens is 2. The van der Waals surface area contributed by atoms with Gasteiger partial charge in [0.25, 0.3) is 0 Å². The lowest BCUT2D eigenvalue weighted by Crippen LogP contribution is -2.37. The number of piperidine rings is 1. The van der Waals surface area contributed by atoms with Gasteiger partial charge in [-0.05, 0) is 29.7 Å². The first-order chi connectivity index (χ1) is 8.50. The van der Waals surface area contributed by atoms with Crippen LogP contribution in [0.15, 0.2) is 6.33 Å². The molecule has 0 bridgehead atoms. The zero-order chi connectivity index (χ0) is 13.3. The zero-order valence-corrected chi connectivity index (χ0v) is 10.5. The van der Waals surface area contributed by atoms with Crippen LogP contribution in [0, 0.1) is 16.0 Å². The lowest BCUT2D eigenvalue weighted by Gasteiger charge is -2.31. The summed E-state index contributed by atoms with van der Waals surface area (Å²) in [5.74, 6) is 0.712. The zero-order valence-electron chi connectivity index (χ0n) is 10.5. The van der Waals surface area contributed by atoms with E-state index in [4.69, 9.17) is 0 Å². The van der Waals surface area contributed by atoms with Crippen LogP contribution in [0.3, 0.4) is 0 Å². The molecule has 2 heterocycles. The summed E-state index contributed by atoms with van der Waals surface area (Å²) < 4.78 is 1.66. The molecule has 0 radical (unpaired) electrons. The Morgan fingerprint density at radius 3 is 2.61 bits per heavy atom. The predicted octanol–water partition coefficient (Wildman–Crippen LogP) is 1.13. The maximum Gasteiger partial charge on any atom is 0.406 e. The second-order valence-electron chi connectivity index (χ2n) is 4.63. The monoisotopic (exact) mass is 252 g/mol. The van der Waals surface area contributed by atoms with Crippen molar-refractivity contribution in [3.63, 3.8) is 0 Å². The Hall–Kier alpha value is -1.92. The van der Waals surface area contributed by atoms with Gasteiger partial charge in [0.15, 0.2) is 0 Å². The minimum absolute atomic E-state index is 0.0912. The maximum absolute atomic E-state index is 11.3. The number of rotatable bonds is 3. The summed E-state index contributed by atoms with van der Waals surface area (Å²) in [6, 6.07) is 0. The van der Waals surface area contributed by atoms with E-state index in [1.54, 1.807) is 18.5 Å². The molecule has 0 N–H and O–H groups in total. The van der Waals surface area contributed by atoms with Crippen LogP contribution >= 0.6 is 0 Å². The number of hydrogen-bond acceptors (Lipinski definition) is 5. The molecule has 0 aliphatic carbocycles. The van der Waals surface area contributed by atoms with Crippen LogP contribution in [0.1, 0.15) is 19.8 Å². The van der Waals surface area contributed by atoms with Gasteiger partial charge in [0.2, 0.25) is 12.1 Å². The smallest absolute Gasteiger partial charge is 0.358 e. The van der Waals surface area contributed by atoms with Crippen molar-refractivity contribution < 1.29 is 9.72 Å². The minimum atomic E-state index is -0.466. The van der Waals surface area contributed by atoms with Gasteiger partial charge in [-0.25, -0.2) is 0 Å². The highest BCUT2D eigenvalue weighted by Crippen LogP contribution is 2.29. The normalized spacial score (nSPS) is 16.9. The first-order valence-corrected chi connectivity index (χ1v) is 5.91. The van der Waals surface area contributed by atoms with Gasteiger partial charge in [-0.1, -0.05) is 0 Å². The molecule has 0 spiro atoms. The second kappa shape index (κ2) is 4.75. The van der Waals surface area contributed by atoms with E-state index in [9.17, 15) is 14.9 Å². The van der Waals surface area contributed by atoms with Crippen LogP contribution in [0.5, 0.6) is 0 Å². The molecule has 0 unspecified atom stereocenters. The Morgan fingerprint density at radius 1 is 1.50 bits per heavy atom. The Labute approximate surface area is 105 Å². The third kappa shape index (κ3) is 2.20. The number of aryl methyl sites for hydroxylation is 1. The largest absolute Gasteiger partial charge is 0.406 e. The summed E-state index contributed by atoms with van der Waals surface area (Å²) in [6.45, 7) is 2.92. The Bertz CT molecular complexity index is 475. The van der Waals surface area contributed by atoms with E-state index in [1.807, 2.05) is 4.90 Å². The van der Waals surface area contributed by atoms with Gasteiger partial charge in [0.1, 0.15) is 5.78 Å². The average molecular weight is 252 g/mol. The number of Topliss-reactive ketones (excluding diaryl/α,β-unsaturated/α-hetero) is 1. The molecule has 0 aromatic carbocycles. The number of anilines is 1. The van der Waals surface area contributed by atoms with Crippen LogP contribution in [0.4, 0.5) is 11.6 Å². The van der Waals surface area contributed by atoms with Gasteiger partial charge in [-0.2, -0.15) is 0 Å². The highest BCUT2D eigenvalue weighted by molar-refractivity contribution is 5.78. The molecule has 98 valence electrons. The molecule has 1 fully saturated rings. The van der Waals surface area contributed by atoms with Crippen molar-refractivity contribution in [3.05, 3.63) is 16.4 Å². The van der Waals surface area contributed by atoms with Crippen LogP contribution in [0.25, 0.3) is 0 Å². The van der Waals surface area contributed by atoms with E-state index in [1.165, 1.54) is 6.33 Å². The van der Waals surface area contributed by atoms with Gasteiger partial charge in [-0.15, -0.1) is 0 Å². The number of carbonyl (C=O) groups excluding carboxylic acids is 1. The lowest BCUT2D eigenvalue weighted by molar-refractivity contribution is -0.388. The Kier molecular flexibility index (Phi) is 3.31. The predicted molar refractivity (Wildman–Crippen MR) is 65.5 cm³/mol. The second-order valence-corrected chi connectivity index (χ2v) is 4.63. The fourth-order valence-electron chi connectivity index (χ4n) is 2.40. The van der Waals surface area contributed by atoms with Crippen LogP contribution in [0.2, 0.25) is 0 Å². The average Bonchev–Trinajstić information content (AvgIpc) is 2.71. The van der Waals surface area contributed by atoms with Crippen LogP contribution in [-0.4, -0.2) is 33.3 Å². The number of hydrogen-bond donors (Lipinski definition) is 0. The molecule has 1 aromatic heterocycles. The van der Waals surface area contributed by atoms with E-state index >= 15 is 0 Å². The van der Waals surface area contributed by atoms with Crippen LogP contribution in [-0.2, 0) is 11.8 Å². The Balaban J connectivity index is 2.17. The first-order valence-electron chi connectivity index (χ1n) is 5.91. The first kappa shape index (κ1) is 12.5. The highest BCUT2D eigenvalue weighted by atomic mass is 16.6. The fourth-order valence-corrected chi connectivity index (χ4v) is 2.40. The van der Waals surface area contributed by atoms with Crippen LogP contribution < -0.4 is 4.90 Å². The third-order valence-corrected chi connectivity index (χ3v) is 3.43. The number of nitro groups is 1. The van der Waals surface area contributed by atoms with Crippen molar-refractivity contribution in [3.8, 4) is 0 Å². The SMILES string of the molecule is CC(=O)C1CCN(c2c([N+](=O)[O-])ncn2C)CC1. The number of ketones is 1. The standard InChI is InChI=1S/C11H16N4O3/c1-8(16)9-3-5-14(6-4-9)11-10(15(17)18)12-7-13(11)2/h7,9H,3-6H2,1-2H3. The van der Waals surface area contributed by atoms with Crippen molar-refractivity contribution >= 4 is 17.4 Å². The summed E-state index contributed by atoms with van der Waals surface area (Å²) in [7, 11) is 1.74. The molecule has 0 saturated carbocycles. The molecule has 7 nitrogen and oxygen atoms in total. The van der Waals surface area contributed by atoms with Gasteiger partial charge in [0, 0.05) is 26.1 Å². The molecule has 2 rings (SSSR count). The van der Waals surface area contributed by atoms with Gasteiger partial charge in [-0.3, -0.25) is 9.36 Å². The highest BCUT2D eigenvalue weighted by Gasteiger charge is 2.30. The summed E-state index contributed by atoms with van der Waals surface area (Å²) in [6.07, 6.45) is 2.94. The van der Waals surface area contributed by atoms with E-state index < -0.39 is 4.92 Å². The van der Waals surface area contributed by atoms with Gasteiger partial charge in [0.05, 0.1) is 0 Å². The maximum atomic E-state index is 11.3. The van der Waals surface area contributed by atoms with Crippen molar-refractivity contribution in [1.29, 1.82) is 0 Å². The molecule has 0 atom stereocenters. The quantitative estimate of drug-likeness (QED) is 0.595. The molecular formula is C11H16N4O3. The van der Waals surface area contributed by atoms with E-state index in [0.29, 0.717) is 18.9 Å². The van der Waals surface area contributed by atoms with Crippen molar-refractivity contribution in [2.24, 2.45) is 13.0 Å². The molecule has 7 heteroatoms. The van der Waals surface area contributed by atoms with E-state index in [-0.39, 0.29) is 17.5 Å². The topological polar surface area (TPSA) is 81.3 Å². The lowest BCUT2D eigenvalue weighted by atomic mass is 9.93. The fraction of sp³-hybridized carbons (Fsp3) is 0.636. The molecule has 1 aliphatic rings. The van der Waals surface area contributed by atoms with E-state index in [0.717, 1.165) is 12.8 Å². The number of imidazole rings is 1.